The molecule has 0 bridgehead atoms. The van der Waals surface area contributed by atoms with E-state index in [1.807, 2.05) is 0 Å². The van der Waals surface area contributed by atoms with Gasteiger partial charge >= 0.3 is 12.4 Å². The lowest BCUT2D eigenvalue weighted by Gasteiger charge is -2.21. The number of aliphatic hydroxyl groups excluding tert-OH is 1. The topological polar surface area (TPSA) is 20.2 Å². The minimum Gasteiger partial charge on any atom is -0.391 e. The van der Waals surface area contributed by atoms with E-state index in [9.17, 15) is 0 Å². The quantitative estimate of drug-likeness (QED) is 0.521. The molecular weight excluding hydrogens is 126 g/mol. The second-order valence-corrected chi connectivity index (χ2v) is 2.74. The molecular formula is C5H14ClNO+2. The Labute approximate surface area is 57.1 Å². The van der Waals surface area contributed by atoms with Crippen LogP contribution in [0.15, 0.2) is 0 Å². The second-order valence-electron chi connectivity index (χ2n) is 2.74. The maximum absolute atomic E-state index is 8.39. The number of quaternary nitrogens is 1. The molecule has 0 amide bonds. The van der Waals surface area contributed by atoms with Gasteiger partial charge in [-0.25, -0.2) is 0 Å². The third kappa shape index (κ3) is 9.51. The van der Waals surface area contributed by atoms with Gasteiger partial charge in [-0.1, -0.05) is 0 Å². The molecule has 0 aliphatic carbocycles. The molecule has 0 heterocycles. The molecule has 8 heavy (non-hydrogen) atoms. The molecule has 0 aliphatic rings. The zero-order valence-electron chi connectivity index (χ0n) is 5.69. The summed E-state index contributed by atoms with van der Waals surface area (Å²) in [4.78, 5) is 0. The minimum absolute atomic E-state index is 0. The van der Waals surface area contributed by atoms with Gasteiger partial charge in [0.2, 0.25) is 0 Å². The number of rotatable bonds is 2. The molecule has 0 spiro atoms. The molecule has 50 valence electrons. The molecule has 0 aliphatic heterocycles. The summed E-state index contributed by atoms with van der Waals surface area (Å²) in [6.07, 6.45) is 0. The monoisotopic (exact) mass is 139 g/mol. The summed E-state index contributed by atoms with van der Waals surface area (Å²) < 4.78 is 0.844. The van der Waals surface area contributed by atoms with Crippen LogP contribution in [0.2, 0.25) is 0 Å². The average molecular weight is 140 g/mol. The van der Waals surface area contributed by atoms with Crippen molar-refractivity contribution >= 4 is 0 Å². The zero-order chi connectivity index (χ0) is 5.91. The first kappa shape index (κ1) is 11.1. The second kappa shape index (κ2) is 4.13. The van der Waals surface area contributed by atoms with E-state index < -0.39 is 0 Å². The van der Waals surface area contributed by atoms with Gasteiger partial charge < -0.3 is 9.59 Å². The summed E-state index contributed by atoms with van der Waals surface area (Å²) in [6.45, 7) is 1.11. The summed E-state index contributed by atoms with van der Waals surface area (Å²) in [5.41, 5.74) is 0. The molecule has 0 aromatic carbocycles. The Morgan fingerprint density at radius 1 is 1.25 bits per heavy atom. The summed E-state index contributed by atoms with van der Waals surface area (Å²) >= 11 is 0. The SMILES string of the molecule is C[N+](C)(C)CCO.[Cl+]. The van der Waals surface area contributed by atoms with Crippen molar-refractivity contribution in [1.82, 2.24) is 0 Å². The van der Waals surface area contributed by atoms with E-state index >= 15 is 0 Å². The standard InChI is InChI=1S/C5H14NO.Cl/c1-6(2,3)4-5-7;/h7H,4-5H2,1-3H3;/q2*+1. The lowest BCUT2D eigenvalue weighted by molar-refractivity contribution is -0.870. The highest BCUT2D eigenvalue weighted by molar-refractivity contribution is 4.19. The van der Waals surface area contributed by atoms with Crippen LogP contribution in [0.3, 0.4) is 0 Å². The lowest BCUT2D eigenvalue weighted by atomic mass is 10.5. The predicted molar refractivity (Wildman–Crippen MR) is 30.0 cm³/mol. The number of aliphatic hydroxyl groups is 1. The van der Waals surface area contributed by atoms with Crippen molar-refractivity contribution in [2.75, 3.05) is 34.3 Å². The van der Waals surface area contributed by atoms with Gasteiger partial charge in [0, 0.05) is 0 Å². The van der Waals surface area contributed by atoms with E-state index in [0.717, 1.165) is 11.0 Å². The summed E-state index contributed by atoms with van der Waals surface area (Å²) in [5, 5.41) is 8.39. The number of hydrogen-bond donors (Lipinski definition) is 1. The van der Waals surface area contributed by atoms with Crippen LogP contribution in [0.5, 0.6) is 0 Å². The largest absolute Gasteiger partial charge is 1.00 e. The van der Waals surface area contributed by atoms with E-state index in [0.29, 0.717) is 0 Å². The third-order valence-corrected chi connectivity index (χ3v) is 0.771. The van der Waals surface area contributed by atoms with Gasteiger partial charge in [0.15, 0.2) is 0 Å². The van der Waals surface area contributed by atoms with Crippen molar-refractivity contribution in [1.29, 1.82) is 0 Å². The molecule has 0 rings (SSSR count). The fraction of sp³-hybridized carbons (Fsp3) is 1.00. The number of likely N-dealkylation sites (N-methyl/N-ethyl adjacent to an activating group) is 1. The fourth-order valence-corrected chi connectivity index (χ4v) is 0.300. The van der Waals surface area contributed by atoms with Crippen molar-refractivity contribution in [3.63, 3.8) is 0 Å². The Bertz CT molecular complexity index is 50.9. The van der Waals surface area contributed by atoms with Crippen LogP contribution >= 0.6 is 0 Å². The van der Waals surface area contributed by atoms with Crippen LogP contribution in [0.1, 0.15) is 0 Å². The Balaban J connectivity index is 0. The normalized spacial score (nSPS) is 10.5. The lowest BCUT2D eigenvalue weighted by Crippen LogP contribution is -2.36. The van der Waals surface area contributed by atoms with Gasteiger partial charge in [-0.2, -0.15) is 0 Å². The first-order valence-electron chi connectivity index (χ1n) is 2.47. The molecule has 0 unspecified atom stereocenters. The molecule has 0 aromatic rings. The van der Waals surface area contributed by atoms with Crippen molar-refractivity contribution in [2.45, 2.75) is 0 Å². The van der Waals surface area contributed by atoms with Gasteiger partial charge in [0.1, 0.15) is 6.54 Å². The van der Waals surface area contributed by atoms with Crippen molar-refractivity contribution in [2.24, 2.45) is 0 Å². The number of nitrogens with zero attached hydrogens (tertiary/aromatic N) is 1. The van der Waals surface area contributed by atoms with Gasteiger partial charge in [0.25, 0.3) is 0 Å². The van der Waals surface area contributed by atoms with Crippen LogP contribution in [-0.2, 0) is 0 Å². The Hall–Kier alpha value is 0.210. The van der Waals surface area contributed by atoms with Crippen LogP contribution in [0, 0.1) is 12.4 Å². The predicted octanol–water partition coefficient (Wildman–Crippen LogP) is -0.315. The molecule has 3 heteroatoms. The molecule has 0 fully saturated rings. The smallest absolute Gasteiger partial charge is 0.391 e. The number of hydrogen-bond acceptors (Lipinski definition) is 1. The fourth-order valence-electron chi connectivity index (χ4n) is 0.300. The molecule has 0 aromatic heterocycles. The summed E-state index contributed by atoms with van der Waals surface area (Å²) in [6, 6.07) is 0. The molecule has 2 nitrogen and oxygen atoms in total. The Morgan fingerprint density at radius 3 is 1.62 bits per heavy atom. The van der Waals surface area contributed by atoms with Crippen LogP contribution in [0.4, 0.5) is 0 Å². The molecule has 0 atom stereocenters. The third-order valence-electron chi connectivity index (χ3n) is 0.771. The first-order chi connectivity index (χ1) is 3.06. The van der Waals surface area contributed by atoms with Gasteiger partial charge in [-0.3, -0.25) is 0 Å². The van der Waals surface area contributed by atoms with Gasteiger partial charge in [-0.05, 0) is 0 Å². The van der Waals surface area contributed by atoms with Crippen molar-refractivity contribution < 1.29 is 22.0 Å². The highest BCUT2D eigenvalue weighted by Gasteiger charge is 2.02. The molecule has 2 radical (unpaired) electrons. The van der Waals surface area contributed by atoms with Crippen molar-refractivity contribution in [3.05, 3.63) is 0 Å². The molecule has 0 saturated carbocycles. The maximum atomic E-state index is 8.39. The maximum Gasteiger partial charge on any atom is 1.00 e. The van der Waals surface area contributed by atoms with Crippen LogP contribution < -0.4 is 0 Å². The van der Waals surface area contributed by atoms with Gasteiger partial charge in [0.05, 0.1) is 27.7 Å². The van der Waals surface area contributed by atoms with E-state index in [4.69, 9.17) is 5.11 Å². The minimum atomic E-state index is 0. The average Bonchev–Trinajstić information content (AvgIpc) is 1.30. The molecule has 1 N–H and O–H groups in total. The van der Waals surface area contributed by atoms with E-state index in [1.165, 1.54) is 0 Å². The van der Waals surface area contributed by atoms with Crippen LogP contribution in [-0.4, -0.2) is 43.9 Å². The van der Waals surface area contributed by atoms with E-state index in [2.05, 4.69) is 21.1 Å². The van der Waals surface area contributed by atoms with E-state index in [1.54, 1.807) is 0 Å². The summed E-state index contributed by atoms with van der Waals surface area (Å²) in [7, 11) is 6.16. The van der Waals surface area contributed by atoms with Crippen molar-refractivity contribution in [3.8, 4) is 0 Å². The molecule has 0 saturated heterocycles. The Morgan fingerprint density at radius 2 is 1.62 bits per heavy atom. The van der Waals surface area contributed by atoms with Crippen LogP contribution in [0.25, 0.3) is 0 Å². The Kier molecular flexibility index (Phi) is 5.71. The highest BCUT2D eigenvalue weighted by atomic mass is 35.5. The van der Waals surface area contributed by atoms with E-state index in [-0.39, 0.29) is 19.0 Å². The highest BCUT2D eigenvalue weighted by Crippen LogP contribution is 1.84. The summed E-state index contributed by atoms with van der Waals surface area (Å²) in [5.74, 6) is 0. The van der Waals surface area contributed by atoms with Gasteiger partial charge in [-0.15, -0.1) is 0 Å². The number of halogens is 1. The first-order valence-corrected chi connectivity index (χ1v) is 2.47. The zero-order valence-corrected chi connectivity index (χ0v) is 6.44.